The molecule has 0 saturated carbocycles. The first-order chi connectivity index (χ1) is 14.2. The summed E-state index contributed by atoms with van der Waals surface area (Å²) in [5, 5.41) is 9.65. The summed E-state index contributed by atoms with van der Waals surface area (Å²) >= 11 is 1.47. The standard InChI is InChI=1S/C20H24N4O4S/c1-14-5-8-23(9-6-14)19-21-22-20(24(19)12-15-4-3-10-27-15)29-13-17-16(7-11-28-17)18(25)26-2/h3-4,7,10-11,14H,5-6,8-9,12-13H2,1-2H3. The van der Waals surface area contributed by atoms with Crippen molar-refractivity contribution in [3.63, 3.8) is 0 Å². The zero-order valence-electron chi connectivity index (χ0n) is 16.5. The Morgan fingerprint density at radius 3 is 2.79 bits per heavy atom. The summed E-state index contributed by atoms with van der Waals surface area (Å²) in [4.78, 5) is 14.2. The van der Waals surface area contributed by atoms with Gasteiger partial charge in [-0.1, -0.05) is 18.7 Å². The lowest BCUT2D eigenvalue weighted by atomic mass is 10.00. The number of furan rings is 2. The number of carbonyl (C=O) groups excluding carboxylic acids is 1. The van der Waals surface area contributed by atoms with Gasteiger partial charge in [-0.05, 0) is 37.0 Å². The SMILES string of the molecule is COC(=O)c1ccoc1CSc1nnc(N2CCC(C)CC2)n1Cc1ccco1. The van der Waals surface area contributed by atoms with E-state index in [1.54, 1.807) is 12.3 Å². The zero-order chi connectivity index (χ0) is 20.2. The van der Waals surface area contributed by atoms with Crippen LogP contribution in [0.1, 0.15) is 41.6 Å². The van der Waals surface area contributed by atoms with Gasteiger partial charge in [0.1, 0.15) is 17.1 Å². The zero-order valence-corrected chi connectivity index (χ0v) is 17.4. The molecular weight excluding hydrogens is 392 g/mol. The van der Waals surface area contributed by atoms with Crippen molar-refractivity contribution >= 4 is 23.7 Å². The summed E-state index contributed by atoms with van der Waals surface area (Å²) in [7, 11) is 1.36. The summed E-state index contributed by atoms with van der Waals surface area (Å²) in [6, 6.07) is 5.44. The monoisotopic (exact) mass is 416 g/mol. The number of anilines is 1. The smallest absolute Gasteiger partial charge is 0.341 e. The van der Waals surface area contributed by atoms with Gasteiger partial charge in [0.2, 0.25) is 5.95 Å². The van der Waals surface area contributed by atoms with E-state index in [0.717, 1.165) is 48.7 Å². The quantitative estimate of drug-likeness (QED) is 0.424. The van der Waals surface area contributed by atoms with Gasteiger partial charge in [-0.2, -0.15) is 0 Å². The molecule has 0 radical (unpaired) electrons. The lowest BCUT2D eigenvalue weighted by Crippen LogP contribution is -2.35. The van der Waals surface area contributed by atoms with Crippen molar-refractivity contribution in [2.24, 2.45) is 5.92 Å². The topological polar surface area (TPSA) is 86.5 Å². The molecule has 1 aliphatic heterocycles. The van der Waals surface area contributed by atoms with Crippen molar-refractivity contribution in [1.82, 2.24) is 14.8 Å². The predicted molar refractivity (Wildman–Crippen MR) is 108 cm³/mol. The third-order valence-corrected chi connectivity index (χ3v) is 6.11. The Hall–Kier alpha value is -2.68. The maximum atomic E-state index is 11.9. The highest BCUT2D eigenvalue weighted by molar-refractivity contribution is 7.98. The normalized spacial score (nSPS) is 15.0. The van der Waals surface area contributed by atoms with E-state index in [-0.39, 0.29) is 0 Å². The van der Waals surface area contributed by atoms with Gasteiger partial charge >= 0.3 is 5.97 Å². The third-order valence-electron chi connectivity index (χ3n) is 5.14. The number of piperidine rings is 1. The Kier molecular flexibility index (Phi) is 5.94. The maximum absolute atomic E-state index is 11.9. The van der Waals surface area contributed by atoms with Gasteiger partial charge in [-0.15, -0.1) is 10.2 Å². The molecule has 1 saturated heterocycles. The Bertz CT molecular complexity index is 942. The number of hydrogen-bond donors (Lipinski definition) is 0. The average Bonchev–Trinajstić information content (AvgIpc) is 3.48. The van der Waals surface area contributed by atoms with E-state index >= 15 is 0 Å². The van der Waals surface area contributed by atoms with Crippen molar-refractivity contribution in [2.45, 2.75) is 37.2 Å². The van der Waals surface area contributed by atoms with Crippen LogP contribution >= 0.6 is 11.8 Å². The van der Waals surface area contributed by atoms with E-state index in [9.17, 15) is 4.79 Å². The molecule has 3 aromatic rings. The van der Waals surface area contributed by atoms with Crippen molar-refractivity contribution in [3.8, 4) is 0 Å². The summed E-state index contributed by atoms with van der Waals surface area (Å²) < 4.78 is 17.9. The Balaban J connectivity index is 1.56. The van der Waals surface area contributed by atoms with Gasteiger partial charge in [0, 0.05) is 13.1 Å². The van der Waals surface area contributed by atoms with Crippen LogP contribution in [0.4, 0.5) is 5.95 Å². The van der Waals surface area contributed by atoms with E-state index in [2.05, 4.69) is 26.6 Å². The van der Waals surface area contributed by atoms with Crippen LogP contribution in [0.2, 0.25) is 0 Å². The fourth-order valence-electron chi connectivity index (χ4n) is 3.40. The van der Waals surface area contributed by atoms with Gasteiger partial charge in [0.05, 0.1) is 31.9 Å². The number of ether oxygens (including phenoxy) is 1. The lowest BCUT2D eigenvalue weighted by molar-refractivity contribution is 0.0598. The van der Waals surface area contributed by atoms with Crippen LogP contribution in [0.25, 0.3) is 0 Å². The molecule has 4 rings (SSSR count). The molecule has 3 aromatic heterocycles. The molecule has 0 amide bonds. The number of nitrogens with zero attached hydrogens (tertiary/aromatic N) is 4. The second kappa shape index (κ2) is 8.77. The van der Waals surface area contributed by atoms with Crippen LogP contribution in [-0.4, -0.2) is 40.9 Å². The highest BCUT2D eigenvalue weighted by atomic mass is 32.2. The van der Waals surface area contributed by atoms with Crippen LogP contribution in [0.5, 0.6) is 0 Å². The van der Waals surface area contributed by atoms with Gasteiger partial charge < -0.3 is 18.5 Å². The van der Waals surface area contributed by atoms with E-state index in [1.807, 2.05) is 12.1 Å². The number of carbonyl (C=O) groups is 1. The number of hydrogen-bond acceptors (Lipinski definition) is 8. The predicted octanol–water partition coefficient (Wildman–Crippen LogP) is 3.83. The van der Waals surface area contributed by atoms with Crippen LogP contribution in [0, 0.1) is 5.92 Å². The van der Waals surface area contributed by atoms with E-state index in [0.29, 0.717) is 23.6 Å². The molecule has 0 aromatic carbocycles. The number of thioether (sulfide) groups is 1. The fourth-order valence-corrected chi connectivity index (χ4v) is 4.29. The number of esters is 1. The first kappa shape index (κ1) is 19.6. The van der Waals surface area contributed by atoms with Crippen molar-refractivity contribution < 1.29 is 18.4 Å². The van der Waals surface area contributed by atoms with Crippen LogP contribution < -0.4 is 4.90 Å². The minimum absolute atomic E-state index is 0.408. The maximum Gasteiger partial charge on any atom is 0.341 e. The van der Waals surface area contributed by atoms with E-state index in [4.69, 9.17) is 13.6 Å². The van der Waals surface area contributed by atoms with Crippen LogP contribution in [-0.2, 0) is 17.0 Å². The molecule has 4 heterocycles. The molecular formula is C20H24N4O4S. The number of aromatic nitrogens is 3. The summed E-state index contributed by atoms with van der Waals surface area (Å²) in [6.45, 7) is 4.76. The van der Waals surface area contributed by atoms with E-state index in [1.165, 1.54) is 25.1 Å². The summed E-state index contributed by atoms with van der Waals surface area (Å²) in [5.74, 6) is 3.02. The Morgan fingerprint density at radius 2 is 2.07 bits per heavy atom. The molecule has 9 heteroatoms. The lowest BCUT2D eigenvalue weighted by Gasteiger charge is -2.31. The average molecular weight is 417 g/mol. The molecule has 0 aliphatic carbocycles. The molecule has 0 bridgehead atoms. The van der Waals surface area contributed by atoms with Gasteiger partial charge in [-0.3, -0.25) is 4.57 Å². The minimum atomic E-state index is -0.408. The molecule has 1 aliphatic rings. The van der Waals surface area contributed by atoms with Gasteiger partial charge in [-0.25, -0.2) is 4.79 Å². The molecule has 8 nitrogen and oxygen atoms in total. The Labute approximate surface area is 173 Å². The highest BCUT2D eigenvalue weighted by Gasteiger charge is 2.24. The number of rotatable bonds is 7. The molecule has 0 unspecified atom stereocenters. The van der Waals surface area contributed by atoms with Crippen LogP contribution in [0.15, 0.2) is 44.7 Å². The Morgan fingerprint density at radius 1 is 1.24 bits per heavy atom. The van der Waals surface area contributed by atoms with Crippen molar-refractivity contribution in [2.75, 3.05) is 25.1 Å². The van der Waals surface area contributed by atoms with Gasteiger partial charge in [0.15, 0.2) is 5.16 Å². The fraction of sp³-hybridized carbons (Fsp3) is 0.450. The molecule has 0 atom stereocenters. The molecule has 29 heavy (non-hydrogen) atoms. The highest BCUT2D eigenvalue weighted by Crippen LogP contribution is 2.29. The largest absolute Gasteiger partial charge is 0.468 e. The minimum Gasteiger partial charge on any atom is -0.468 e. The summed E-state index contributed by atoms with van der Waals surface area (Å²) in [5.41, 5.74) is 0.433. The first-order valence-corrected chi connectivity index (χ1v) is 10.6. The molecule has 0 N–H and O–H groups in total. The first-order valence-electron chi connectivity index (χ1n) is 9.63. The molecule has 0 spiro atoms. The summed E-state index contributed by atoms with van der Waals surface area (Å²) in [6.07, 6.45) is 5.45. The second-order valence-electron chi connectivity index (χ2n) is 7.16. The van der Waals surface area contributed by atoms with E-state index < -0.39 is 5.97 Å². The molecule has 1 fully saturated rings. The second-order valence-corrected chi connectivity index (χ2v) is 8.10. The van der Waals surface area contributed by atoms with Gasteiger partial charge in [0.25, 0.3) is 0 Å². The van der Waals surface area contributed by atoms with Crippen molar-refractivity contribution in [1.29, 1.82) is 0 Å². The third kappa shape index (κ3) is 4.34. The number of methoxy groups -OCH3 is 1. The molecule has 154 valence electrons. The van der Waals surface area contributed by atoms with Crippen LogP contribution in [0.3, 0.4) is 0 Å². The van der Waals surface area contributed by atoms with Crippen molar-refractivity contribution in [3.05, 3.63) is 47.8 Å².